The molecule has 0 spiro atoms. The van der Waals surface area contributed by atoms with Gasteiger partial charge >= 0.3 is 0 Å². The summed E-state index contributed by atoms with van der Waals surface area (Å²) in [5.74, 6) is 2.37. The van der Waals surface area contributed by atoms with Crippen molar-refractivity contribution in [3.63, 3.8) is 0 Å². The molecule has 2 aromatic carbocycles. The molecule has 0 fully saturated rings. The first-order valence-electron chi connectivity index (χ1n) is 7.19. The Bertz CT molecular complexity index is 828. The van der Waals surface area contributed by atoms with E-state index >= 15 is 0 Å². The van der Waals surface area contributed by atoms with Crippen molar-refractivity contribution in [3.05, 3.63) is 48.0 Å². The molecule has 0 saturated heterocycles. The number of benzene rings is 2. The van der Waals surface area contributed by atoms with Crippen LogP contribution in [0.15, 0.2) is 42.5 Å². The van der Waals surface area contributed by atoms with Gasteiger partial charge in [-0.05, 0) is 31.2 Å². The number of hydrogen-bond acceptors (Lipinski definition) is 4. The highest BCUT2D eigenvalue weighted by Crippen LogP contribution is 2.31. The Labute approximate surface area is 130 Å². The van der Waals surface area contributed by atoms with E-state index in [2.05, 4.69) is 19.1 Å². The first-order chi connectivity index (χ1) is 10.6. The van der Waals surface area contributed by atoms with Crippen molar-refractivity contribution >= 4 is 16.7 Å². The third-order valence-corrected chi connectivity index (χ3v) is 3.60. The Morgan fingerprint density at radius 2 is 1.77 bits per heavy atom. The lowest BCUT2D eigenvalue weighted by Gasteiger charge is -2.16. The van der Waals surface area contributed by atoms with Gasteiger partial charge < -0.3 is 9.64 Å². The highest BCUT2D eigenvalue weighted by molar-refractivity contribution is 5.91. The second-order valence-corrected chi connectivity index (χ2v) is 5.49. The monoisotopic (exact) mass is 293 g/mol. The van der Waals surface area contributed by atoms with Crippen molar-refractivity contribution < 1.29 is 4.74 Å². The average molecular weight is 293 g/mol. The van der Waals surface area contributed by atoms with Gasteiger partial charge in [0.05, 0.1) is 18.2 Å². The van der Waals surface area contributed by atoms with E-state index in [-0.39, 0.29) is 0 Å². The molecule has 0 amide bonds. The predicted octanol–water partition coefficient (Wildman–Crippen LogP) is 3.68. The van der Waals surface area contributed by atoms with Gasteiger partial charge in [-0.2, -0.15) is 0 Å². The number of methoxy groups -OCH3 is 1. The summed E-state index contributed by atoms with van der Waals surface area (Å²) in [6.07, 6.45) is 0. The van der Waals surface area contributed by atoms with Gasteiger partial charge in [-0.25, -0.2) is 9.97 Å². The lowest BCUT2D eigenvalue weighted by molar-refractivity contribution is 0.416. The van der Waals surface area contributed by atoms with Gasteiger partial charge in [0, 0.05) is 19.5 Å². The lowest BCUT2D eigenvalue weighted by Crippen LogP contribution is -2.12. The van der Waals surface area contributed by atoms with Gasteiger partial charge in [0.25, 0.3) is 0 Å². The number of anilines is 1. The number of ether oxygens (including phenoxy) is 1. The molecule has 1 aromatic heterocycles. The van der Waals surface area contributed by atoms with Crippen LogP contribution in [0.3, 0.4) is 0 Å². The van der Waals surface area contributed by atoms with Crippen LogP contribution in [-0.4, -0.2) is 31.2 Å². The van der Waals surface area contributed by atoms with Crippen LogP contribution in [0.25, 0.3) is 22.3 Å². The van der Waals surface area contributed by atoms with Gasteiger partial charge in [0.2, 0.25) is 0 Å². The predicted molar refractivity (Wildman–Crippen MR) is 90.6 cm³/mol. The smallest absolute Gasteiger partial charge is 0.165 e. The van der Waals surface area contributed by atoms with Crippen molar-refractivity contribution in [2.24, 2.45) is 0 Å². The number of hydrogen-bond donors (Lipinski definition) is 0. The second-order valence-electron chi connectivity index (χ2n) is 5.49. The highest BCUT2D eigenvalue weighted by Gasteiger charge is 2.13. The standard InChI is InChI=1S/C18H19N3O/c1-12-9-10-15-14(11-12)18(21(2)3)20-17(19-15)13-7-5-6-8-16(13)22-4/h5-11H,1-4H3. The number of nitrogens with zero attached hydrogens (tertiary/aromatic N) is 3. The lowest BCUT2D eigenvalue weighted by atomic mass is 10.1. The van der Waals surface area contributed by atoms with E-state index in [0.29, 0.717) is 5.82 Å². The molecule has 0 radical (unpaired) electrons. The summed E-state index contributed by atoms with van der Waals surface area (Å²) >= 11 is 0. The van der Waals surface area contributed by atoms with Crippen LogP contribution in [0.2, 0.25) is 0 Å². The molecule has 0 saturated carbocycles. The average Bonchev–Trinajstić information content (AvgIpc) is 2.53. The number of aryl methyl sites for hydroxylation is 1. The van der Waals surface area contributed by atoms with Crippen LogP contribution in [0.4, 0.5) is 5.82 Å². The van der Waals surface area contributed by atoms with E-state index < -0.39 is 0 Å². The third kappa shape index (κ3) is 2.48. The first kappa shape index (κ1) is 14.3. The molecule has 0 bridgehead atoms. The van der Waals surface area contributed by atoms with E-state index in [0.717, 1.165) is 28.0 Å². The quantitative estimate of drug-likeness (QED) is 0.738. The maximum absolute atomic E-state index is 5.44. The van der Waals surface area contributed by atoms with Crippen LogP contribution in [0.1, 0.15) is 5.56 Å². The van der Waals surface area contributed by atoms with Crippen molar-refractivity contribution in [1.29, 1.82) is 0 Å². The minimum atomic E-state index is 0.678. The number of aromatic nitrogens is 2. The number of para-hydroxylation sites is 1. The highest BCUT2D eigenvalue weighted by atomic mass is 16.5. The minimum Gasteiger partial charge on any atom is -0.496 e. The van der Waals surface area contributed by atoms with Crippen LogP contribution in [0, 0.1) is 6.92 Å². The molecule has 0 unspecified atom stereocenters. The molecule has 3 aromatic rings. The van der Waals surface area contributed by atoms with Gasteiger partial charge in [0.1, 0.15) is 11.6 Å². The van der Waals surface area contributed by atoms with Crippen molar-refractivity contribution in [3.8, 4) is 17.1 Å². The fourth-order valence-electron chi connectivity index (χ4n) is 2.52. The molecule has 22 heavy (non-hydrogen) atoms. The molecule has 0 aliphatic rings. The van der Waals surface area contributed by atoms with Crippen molar-refractivity contribution in [1.82, 2.24) is 9.97 Å². The largest absolute Gasteiger partial charge is 0.496 e. The van der Waals surface area contributed by atoms with E-state index in [1.165, 1.54) is 5.56 Å². The van der Waals surface area contributed by atoms with Gasteiger partial charge in [-0.3, -0.25) is 0 Å². The van der Waals surface area contributed by atoms with Gasteiger partial charge in [-0.1, -0.05) is 23.8 Å². The van der Waals surface area contributed by atoms with Crippen LogP contribution in [0.5, 0.6) is 5.75 Å². The molecule has 1 heterocycles. The van der Waals surface area contributed by atoms with Crippen molar-refractivity contribution in [2.45, 2.75) is 6.92 Å². The molecular formula is C18H19N3O. The van der Waals surface area contributed by atoms with Crippen molar-refractivity contribution in [2.75, 3.05) is 26.1 Å². The zero-order valence-corrected chi connectivity index (χ0v) is 13.3. The van der Waals surface area contributed by atoms with Gasteiger partial charge in [-0.15, -0.1) is 0 Å². The number of rotatable bonds is 3. The van der Waals surface area contributed by atoms with E-state index in [1.54, 1.807) is 7.11 Å². The van der Waals surface area contributed by atoms with Crippen LogP contribution < -0.4 is 9.64 Å². The molecule has 4 heteroatoms. The normalized spacial score (nSPS) is 10.7. The Kier molecular flexibility index (Phi) is 3.67. The Balaban J connectivity index is 2.30. The Morgan fingerprint density at radius 1 is 1.00 bits per heavy atom. The van der Waals surface area contributed by atoms with Crippen LogP contribution >= 0.6 is 0 Å². The molecule has 0 N–H and O–H groups in total. The maximum atomic E-state index is 5.44. The molecule has 4 nitrogen and oxygen atoms in total. The zero-order valence-electron chi connectivity index (χ0n) is 13.3. The molecule has 112 valence electrons. The zero-order chi connectivity index (χ0) is 15.7. The summed E-state index contributed by atoms with van der Waals surface area (Å²) in [7, 11) is 5.66. The third-order valence-electron chi connectivity index (χ3n) is 3.60. The van der Waals surface area contributed by atoms with Crippen LogP contribution in [-0.2, 0) is 0 Å². The maximum Gasteiger partial charge on any atom is 0.165 e. The molecule has 0 aliphatic heterocycles. The summed E-state index contributed by atoms with van der Waals surface area (Å²) in [4.78, 5) is 11.5. The fourth-order valence-corrected chi connectivity index (χ4v) is 2.52. The fraction of sp³-hybridized carbons (Fsp3) is 0.222. The summed E-state index contributed by atoms with van der Waals surface area (Å²) in [6.45, 7) is 2.08. The second kappa shape index (κ2) is 5.64. The molecular weight excluding hydrogens is 274 g/mol. The first-order valence-corrected chi connectivity index (χ1v) is 7.19. The summed E-state index contributed by atoms with van der Waals surface area (Å²) < 4.78 is 5.44. The number of fused-ring (bicyclic) bond motifs is 1. The van der Waals surface area contributed by atoms with E-state index in [1.807, 2.05) is 49.3 Å². The Morgan fingerprint density at radius 3 is 2.50 bits per heavy atom. The molecule has 0 aliphatic carbocycles. The SMILES string of the molecule is COc1ccccc1-c1nc(N(C)C)c2cc(C)ccc2n1. The summed E-state index contributed by atoms with van der Waals surface area (Å²) in [5, 5.41) is 1.06. The Hall–Kier alpha value is -2.62. The minimum absolute atomic E-state index is 0.678. The molecule has 3 rings (SSSR count). The van der Waals surface area contributed by atoms with E-state index in [9.17, 15) is 0 Å². The van der Waals surface area contributed by atoms with E-state index in [4.69, 9.17) is 14.7 Å². The summed E-state index contributed by atoms with van der Waals surface area (Å²) in [5.41, 5.74) is 3.03. The van der Waals surface area contributed by atoms with Gasteiger partial charge in [0.15, 0.2) is 5.82 Å². The topological polar surface area (TPSA) is 38.2 Å². The molecule has 0 atom stereocenters. The summed E-state index contributed by atoms with van der Waals surface area (Å²) in [6, 6.07) is 14.0.